The summed E-state index contributed by atoms with van der Waals surface area (Å²) in [6, 6.07) is 4.24. The van der Waals surface area contributed by atoms with Crippen LogP contribution in [0.1, 0.15) is 25.2 Å². The average Bonchev–Trinajstić information content (AvgIpc) is 3.30. The van der Waals surface area contributed by atoms with Crippen LogP contribution in [0.15, 0.2) is 23.3 Å². The van der Waals surface area contributed by atoms with Gasteiger partial charge in [-0.3, -0.25) is 4.99 Å². The lowest BCUT2D eigenvalue weighted by molar-refractivity contribution is 0.0529. The van der Waals surface area contributed by atoms with E-state index in [0.29, 0.717) is 6.54 Å². The second-order valence-corrected chi connectivity index (χ2v) is 8.60. The van der Waals surface area contributed by atoms with Crippen molar-refractivity contribution < 1.29 is 4.74 Å². The number of nitrogens with one attached hydrogen (secondary N) is 1. The third-order valence-corrected chi connectivity index (χ3v) is 6.47. The lowest BCUT2D eigenvalue weighted by Gasteiger charge is -2.36. The van der Waals surface area contributed by atoms with Crippen molar-refractivity contribution in [1.29, 1.82) is 0 Å². The van der Waals surface area contributed by atoms with E-state index in [1.54, 1.807) is 0 Å². The van der Waals surface area contributed by atoms with Crippen LogP contribution in [0.25, 0.3) is 0 Å². The molecular weight excluding hydrogens is 412 g/mol. The Bertz CT molecular complexity index is 863. The van der Waals surface area contributed by atoms with Crippen LogP contribution in [-0.4, -0.2) is 84.2 Å². The zero-order chi connectivity index (χ0) is 21.6. The van der Waals surface area contributed by atoms with Gasteiger partial charge in [-0.2, -0.15) is 4.37 Å². The first-order valence-electron chi connectivity index (χ1n) is 11.0. The highest BCUT2D eigenvalue weighted by Crippen LogP contribution is 2.19. The number of aliphatic imine (C=N–C) groups is 1. The fraction of sp³-hybridized carbons (Fsp3) is 0.619. The highest BCUT2D eigenvalue weighted by atomic mass is 32.1. The van der Waals surface area contributed by atoms with Gasteiger partial charge < -0.3 is 24.8 Å². The van der Waals surface area contributed by atoms with E-state index in [2.05, 4.69) is 65.3 Å². The maximum Gasteiger partial charge on any atom is 0.205 e. The highest BCUT2D eigenvalue weighted by molar-refractivity contribution is 7.09. The Hall–Kier alpha value is -2.46. The summed E-state index contributed by atoms with van der Waals surface area (Å²) in [6.07, 6.45) is 3.09. The first kappa shape index (κ1) is 21.8. The Labute approximate surface area is 188 Å². The van der Waals surface area contributed by atoms with Crippen LogP contribution in [0, 0.1) is 0 Å². The number of hydrogen-bond acceptors (Lipinski definition) is 8. The van der Waals surface area contributed by atoms with Crippen molar-refractivity contribution in [1.82, 2.24) is 24.6 Å². The van der Waals surface area contributed by atoms with Crippen molar-refractivity contribution in [2.75, 3.05) is 62.7 Å². The van der Waals surface area contributed by atoms with Crippen LogP contribution < -0.4 is 15.1 Å². The van der Waals surface area contributed by atoms with Gasteiger partial charge in [0.05, 0.1) is 12.7 Å². The van der Waals surface area contributed by atoms with Crippen LogP contribution in [0.2, 0.25) is 0 Å². The van der Waals surface area contributed by atoms with Crippen molar-refractivity contribution in [2.24, 2.45) is 4.99 Å². The van der Waals surface area contributed by atoms with Crippen LogP contribution in [0.5, 0.6) is 0 Å². The second-order valence-electron chi connectivity index (χ2n) is 7.87. The summed E-state index contributed by atoms with van der Waals surface area (Å²) in [4.78, 5) is 20.7. The molecule has 4 heterocycles. The van der Waals surface area contributed by atoms with E-state index >= 15 is 0 Å². The molecule has 2 aliphatic heterocycles. The molecule has 2 aliphatic rings. The lowest BCUT2D eigenvalue weighted by atomic mass is 10.2. The van der Waals surface area contributed by atoms with Crippen LogP contribution in [-0.2, 0) is 17.7 Å². The lowest BCUT2D eigenvalue weighted by Crippen LogP contribution is -2.52. The molecule has 2 saturated heterocycles. The zero-order valence-electron chi connectivity index (χ0n) is 18.6. The van der Waals surface area contributed by atoms with E-state index in [4.69, 9.17) is 4.74 Å². The third kappa shape index (κ3) is 5.43. The largest absolute Gasteiger partial charge is 0.375 e. The summed E-state index contributed by atoms with van der Waals surface area (Å²) in [5, 5.41) is 4.52. The van der Waals surface area contributed by atoms with Crippen molar-refractivity contribution in [3.63, 3.8) is 0 Å². The second kappa shape index (κ2) is 10.2. The van der Waals surface area contributed by atoms with Crippen molar-refractivity contribution in [2.45, 2.75) is 32.9 Å². The van der Waals surface area contributed by atoms with E-state index in [-0.39, 0.29) is 6.10 Å². The van der Waals surface area contributed by atoms with Gasteiger partial charge in [-0.1, -0.05) is 13.0 Å². The number of rotatable bonds is 5. The minimum Gasteiger partial charge on any atom is -0.375 e. The smallest absolute Gasteiger partial charge is 0.205 e. The molecule has 0 amide bonds. The molecule has 0 spiro atoms. The summed E-state index contributed by atoms with van der Waals surface area (Å²) in [5.74, 6) is 2.88. The minimum absolute atomic E-state index is 0.251. The van der Waals surface area contributed by atoms with Gasteiger partial charge in [-0.05, 0) is 18.6 Å². The number of piperazine rings is 1. The SMILES string of the molecule is CCc1nsc(N2CCN(C(=NC)NCc3ccc(N4CCOC(C)C4)nc3)CC2)n1. The molecule has 9 nitrogen and oxygen atoms in total. The number of ether oxygens (including phenoxy) is 1. The summed E-state index contributed by atoms with van der Waals surface area (Å²) >= 11 is 1.50. The molecule has 31 heavy (non-hydrogen) atoms. The maximum atomic E-state index is 5.62. The predicted molar refractivity (Wildman–Crippen MR) is 125 cm³/mol. The summed E-state index contributed by atoms with van der Waals surface area (Å²) in [5.41, 5.74) is 1.14. The van der Waals surface area contributed by atoms with Gasteiger partial charge in [-0.25, -0.2) is 9.97 Å². The topological polar surface area (TPSA) is 82.0 Å². The number of morpholine rings is 1. The van der Waals surface area contributed by atoms with Gasteiger partial charge in [0.15, 0.2) is 5.96 Å². The first-order valence-corrected chi connectivity index (χ1v) is 11.8. The molecule has 0 saturated carbocycles. The first-order chi connectivity index (χ1) is 15.2. The number of aryl methyl sites for hydroxylation is 1. The summed E-state index contributed by atoms with van der Waals surface area (Å²) in [7, 11) is 1.84. The number of anilines is 2. The highest BCUT2D eigenvalue weighted by Gasteiger charge is 2.22. The Morgan fingerprint density at radius 1 is 1.23 bits per heavy atom. The van der Waals surface area contributed by atoms with Gasteiger partial charge in [0.1, 0.15) is 11.6 Å². The van der Waals surface area contributed by atoms with Gasteiger partial charge in [0.25, 0.3) is 0 Å². The molecule has 168 valence electrons. The minimum atomic E-state index is 0.251. The fourth-order valence-electron chi connectivity index (χ4n) is 3.87. The molecule has 0 bridgehead atoms. The van der Waals surface area contributed by atoms with Gasteiger partial charge in [-0.15, -0.1) is 0 Å². The number of aromatic nitrogens is 3. The Balaban J connectivity index is 1.27. The molecule has 0 aromatic carbocycles. The summed E-state index contributed by atoms with van der Waals surface area (Å²) in [6.45, 7) is 11.1. The molecule has 0 radical (unpaired) electrons. The van der Waals surface area contributed by atoms with Gasteiger partial charge in [0, 0.05) is 77.0 Å². The molecule has 2 fully saturated rings. The fourth-order valence-corrected chi connectivity index (χ4v) is 4.68. The normalized spacial score (nSPS) is 20.3. The Morgan fingerprint density at radius 3 is 2.71 bits per heavy atom. The molecule has 10 heteroatoms. The molecule has 4 rings (SSSR count). The molecule has 2 aromatic heterocycles. The molecule has 0 aliphatic carbocycles. The van der Waals surface area contributed by atoms with E-state index in [1.807, 2.05) is 13.2 Å². The monoisotopic (exact) mass is 444 g/mol. The van der Waals surface area contributed by atoms with E-state index in [1.165, 1.54) is 11.5 Å². The quantitative estimate of drug-likeness (QED) is 0.550. The van der Waals surface area contributed by atoms with Gasteiger partial charge in [0.2, 0.25) is 5.13 Å². The molecule has 1 atom stereocenters. The molecule has 1 unspecified atom stereocenters. The van der Waals surface area contributed by atoms with E-state index in [9.17, 15) is 0 Å². The van der Waals surface area contributed by atoms with Crippen molar-refractivity contribution >= 4 is 28.4 Å². The maximum absolute atomic E-state index is 5.62. The van der Waals surface area contributed by atoms with Crippen molar-refractivity contribution in [3.8, 4) is 0 Å². The standard InChI is InChI=1S/C21H32N8OS/c1-4-18-25-21(31-26-18)28-9-7-27(8-10-28)20(22-3)24-14-17-5-6-19(23-13-17)29-11-12-30-16(2)15-29/h5-6,13,16H,4,7-12,14-15H2,1-3H3,(H,22,24). The molecule has 2 aromatic rings. The Kier molecular flexibility index (Phi) is 7.18. The third-order valence-electron chi connectivity index (χ3n) is 5.66. The average molecular weight is 445 g/mol. The van der Waals surface area contributed by atoms with Crippen LogP contribution >= 0.6 is 11.5 Å². The number of pyridine rings is 1. The summed E-state index contributed by atoms with van der Waals surface area (Å²) < 4.78 is 10.0. The molecular formula is C21H32N8OS. The van der Waals surface area contributed by atoms with E-state index < -0.39 is 0 Å². The number of hydrogen-bond donors (Lipinski definition) is 1. The van der Waals surface area contributed by atoms with Crippen LogP contribution in [0.4, 0.5) is 10.9 Å². The van der Waals surface area contributed by atoms with Crippen molar-refractivity contribution in [3.05, 3.63) is 29.7 Å². The molecule has 1 N–H and O–H groups in total. The predicted octanol–water partition coefficient (Wildman–Crippen LogP) is 1.62. The number of nitrogens with zero attached hydrogens (tertiary/aromatic N) is 7. The van der Waals surface area contributed by atoms with E-state index in [0.717, 1.165) is 80.6 Å². The van der Waals surface area contributed by atoms with Crippen LogP contribution in [0.3, 0.4) is 0 Å². The van der Waals surface area contributed by atoms with Gasteiger partial charge >= 0.3 is 0 Å². The number of guanidine groups is 1. The Morgan fingerprint density at radius 2 is 2.06 bits per heavy atom. The zero-order valence-corrected chi connectivity index (χ0v) is 19.4.